The molecule has 1 aromatic carbocycles. The van der Waals surface area contributed by atoms with Gasteiger partial charge in [0, 0.05) is 0 Å². The molecule has 2 rings (SSSR count). The van der Waals surface area contributed by atoms with Crippen LogP contribution in [0, 0.1) is 21.1 Å². The predicted octanol–water partition coefficient (Wildman–Crippen LogP) is 3.36. The fraction of sp³-hybridized carbons (Fsp3) is 0.400. The molecular weight excluding hydrogens is 301 g/mol. The van der Waals surface area contributed by atoms with Crippen molar-refractivity contribution in [2.75, 3.05) is 6.61 Å². The van der Waals surface area contributed by atoms with Crippen molar-refractivity contribution in [1.29, 1.82) is 0 Å². The fourth-order valence-corrected chi connectivity index (χ4v) is 1.56. The van der Waals surface area contributed by atoms with Gasteiger partial charge in [-0.3, -0.25) is 0 Å². The molecule has 14 heavy (non-hydrogen) atoms. The van der Waals surface area contributed by atoms with E-state index in [9.17, 15) is 8.78 Å². The third-order valence-electron chi connectivity index (χ3n) is 2.17. The summed E-state index contributed by atoms with van der Waals surface area (Å²) in [6.45, 7) is 0.540. The van der Waals surface area contributed by atoms with Crippen LogP contribution in [0.2, 0.25) is 0 Å². The van der Waals surface area contributed by atoms with E-state index in [0.717, 1.165) is 12.8 Å². The lowest BCUT2D eigenvalue weighted by molar-refractivity contribution is 0.283. The van der Waals surface area contributed by atoms with Crippen LogP contribution in [0.25, 0.3) is 0 Å². The maximum absolute atomic E-state index is 13.4. The highest BCUT2D eigenvalue weighted by atomic mass is 127. The maximum Gasteiger partial charge on any atom is 0.181 e. The van der Waals surface area contributed by atoms with Crippen LogP contribution in [0.5, 0.6) is 5.75 Å². The van der Waals surface area contributed by atoms with Crippen LogP contribution < -0.4 is 4.74 Å². The Morgan fingerprint density at radius 3 is 2.71 bits per heavy atom. The summed E-state index contributed by atoms with van der Waals surface area (Å²) in [7, 11) is 0. The molecule has 1 aliphatic rings. The van der Waals surface area contributed by atoms with Gasteiger partial charge in [0.15, 0.2) is 11.6 Å². The van der Waals surface area contributed by atoms with Gasteiger partial charge in [0.1, 0.15) is 5.82 Å². The molecule has 1 nitrogen and oxygen atoms in total. The number of rotatable bonds is 3. The average molecular weight is 310 g/mol. The summed E-state index contributed by atoms with van der Waals surface area (Å²) < 4.78 is 31.5. The van der Waals surface area contributed by atoms with Crippen LogP contribution in [0.3, 0.4) is 0 Å². The van der Waals surface area contributed by atoms with E-state index in [1.807, 2.05) is 0 Å². The summed E-state index contributed by atoms with van der Waals surface area (Å²) in [6.07, 6.45) is 2.31. The van der Waals surface area contributed by atoms with E-state index >= 15 is 0 Å². The second kappa shape index (κ2) is 4.00. The van der Waals surface area contributed by atoms with Crippen molar-refractivity contribution in [1.82, 2.24) is 0 Å². The number of hydrogen-bond donors (Lipinski definition) is 0. The molecule has 4 heteroatoms. The highest BCUT2D eigenvalue weighted by molar-refractivity contribution is 14.1. The minimum Gasteiger partial charge on any atom is -0.490 e. The van der Waals surface area contributed by atoms with Gasteiger partial charge in [-0.1, -0.05) is 0 Å². The van der Waals surface area contributed by atoms with E-state index in [1.165, 1.54) is 12.1 Å². The molecule has 0 spiro atoms. The smallest absolute Gasteiger partial charge is 0.181 e. The normalized spacial score (nSPS) is 15.6. The second-order valence-electron chi connectivity index (χ2n) is 3.43. The van der Waals surface area contributed by atoms with Gasteiger partial charge < -0.3 is 4.74 Å². The van der Waals surface area contributed by atoms with E-state index in [2.05, 4.69) is 0 Å². The zero-order valence-electron chi connectivity index (χ0n) is 7.40. The third-order valence-corrected chi connectivity index (χ3v) is 3.16. The largest absolute Gasteiger partial charge is 0.490 e. The van der Waals surface area contributed by atoms with Crippen LogP contribution in [0.1, 0.15) is 12.8 Å². The van der Waals surface area contributed by atoms with E-state index in [1.54, 1.807) is 22.6 Å². The van der Waals surface area contributed by atoms with Gasteiger partial charge in [0.25, 0.3) is 0 Å². The zero-order valence-corrected chi connectivity index (χ0v) is 9.55. The van der Waals surface area contributed by atoms with E-state index in [0.29, 0.717) is 12.5 Å². The molecule has 0 heterocycles. The lowest BCUT2D eigenvalue weighted by atomic mass is 10.3. The molecular formula is C10H9F2IO. The van der Waals surface area contributed by atoms with Crippen molar-refractivity contribution in [2.24, 2.45) is 5.92 Å². The summed E-state index contributed by atoms with van der Waals surface area (Å²) in [5.41, 5.74) is 0. The van der Waals surface area contributed by atoms with Crippen molar-refractivity contribution >= 4 is 22.6 Å². The Labute approximate surface area is 94.6 Å². The van der Waals surface area contributed by atoms with Crippen molar-refractivity contribution in [3.8, 4) is 5.75 Å². The molecule has 1 aromatic rings. The van der Waals surface area contributed by atoms with Crippen LogP contribution in [0.15, 0.2) is 12.1 Å². The first kappa shape index (κ1) is 10.1. The first-order chi connectivity index (χ1) is 6.68. The molecule has 0 N–H and O–H groups in total. The molecule has 0 saturated heterocycles. The molecule has 0 atom stereocenters. The van der Waals surface area contributed by atoms with Gasteiger partial charge >= 0.3 is 0 Å². The Morgan fingerprint density at radius 2 is 2.07 bits per heavy atom. The van der Waals surface area contributed by atoms with Crippen molar-refractivity contribution in [3.63, 3.8) is 0 Å². The topological polar surface area (TPSA) is 9.23 Å². The first-order valence-corrected chi connectivity index (χ1v) is 5.52. The number of hydrogen-bond acceptors (Lipinski definition) is 1. The summed E-state index contributed by atoms with van der Waals surface area (Å²) in [5.74, 6) is -0.409. The Kier molecular flexibility index (Phi) is 2.90. The highest BCUT2D eigenvalue weighted by Gasteiger charge is 2.23. The SMILES string of the molecule is Fc1ccc(OCC2CC2)c(F)c1I. The Bertz CT molecular complexity index is 350. The molecule has 0 amide bonds. The monoisotopic (exact) mass is 310 g/mol. The zero-order chi connectivity index (χ0) is 10.1. The van der Waals surface area contributed by atoms with Gasteiger partial charge in [0.05, 0.1) is 10.2 Å². The summed E-state index contributed by atoms with van der Waals surface area (Å²) in [4.78, 5) is 0. The summed E-state index contributed by atoms with van der Waals surface area (Å²) >= 11 is 1.64. The summed E-state index contributed by atoms with van der Waals surface area (Å²) in [5, 5.41) is 0. The molecule has 1 aliphatic carbocycles. The average Bonchev–Trinajstić information content (AvgIpc) is 2.97. The Morgan fingerprint density at radius 1 is 1.36 bits per heavy atom. The molecule has 1 fully saturated rings. The third kappa shape index (κ3) is 2.16. The second-order valence-corrected chi connectivity index (χ2v) is 4.51. The van der Waals surface area contributed by atoms with Crippen molar-refractivity contribution in [3.05, 3.63) is 27.3 Å². The number of ether oxygens (including phenoxy) is 1. The van der Waals surface area contributed by atoms with Gasteiger partial charge in [-0.2, -0.15) is 0 Å². The minimum absolute atomic E-state index is 0.00380. The highest BCUT2D eigenvalue weighted by Crippen LogP contribution is 2.31. The molecule has 76 valence electrons. The van der Waals surface area contributed by atoms with Crippen molar-refractivity contribution in [2.45, 2.75) is 12.8 Å². The maximum atomic E-state index is 13.4. The molecule has 0 bridgehead atoms. The lowest BCUT2D eigenvalue weighted by Gasteiger charge is -2.07. The van der Waals surface area contributed by atoms with E-state index in [-0.39, 0.29) is 9.32 Å². The van der Waals surface area contributed by atoms with Crippen LogP contribution >= 0.6 is 22.6 Å². The summed E-state index contributed by atoms with van der Waals surface area (Å²) in [6, 6.07) is 2.57. The van der Waals surface area contributed by atoms with Gasteiger partial charge in [-0.05, 0) is 53.5 Å². The van der Waals surface area contributed by atoms with Crippen LogP contribution in [-0.4, -0.2) is 6.61 Å². The molecule has 0 aromatic heterocycles. The Hall–Kier alpha value is -0.390. The standard InChI is InChI=1S/C10H9F2IO/c11-7-3-4-8(9(12)10(7)13)14-5-6-1-2-6/h3-4,6H,1-2,5H2. The molecule has 0 unspecified atom stereocenters. The number of benzene rings is 1. The quantitative estimate of drug-likeness (QED) is 0.614. The first-order valence-electron chi connectivity index (χ1n) is 4.45. The van der Waals surface area contributed by atoms with Crippen molar-refractivity contribution < 1.29 is 13.5 Å². The molecule has 0 radical (unpaired) electrons. The van der Waals surface area contributed by atoms with Gasteiger partial charge in [-0.25, -0.2) is 8.78 Å². The number of halogens is 3. The lowest BCUT2D eigenvalue weighted by Crippen LogP contribution is -2.02. The van der Waals surface area contributed by atoms with E-state index < -0.39 is 11.6 Å². The van der Waals surface area contributed by atoms with E-state index in [4.69, 9.17) is 4.74 Å². The predicted molar refractivity (Wildman–Crippen MR) is 57.3 cm³/mol. The Balaban J connectivity index is 2.11. The van der Waals surface area contributed by atoms with Gasteiger partial charge in [-0.15, -0.1) is 0 Å². The fourth-order valence-electron chi connectivity index (χ4n) is 1.11. The van der Waals surface area contributed by atoms with Gasteiger partial charge in [0.2, 0.25) is 0 Å². The van der Waals surface area contributed by atoms with Crippen LogP contribution in [-0.2, 0) is 0 Å². The van der Waals surface area contributed by atoms with Crippen LogP contribution in [0.4, 0.5) is 8.78 Å². The molecule has 0 aliphatic heterocycles. The molecule has 1 saturated carbocycles. The minimum atomic E-state index is -0.591.